The molecule has 0 N–H and O–H groups in total. The zero-order valence-corrected chi connectivity index (χ0v) is 10.3. The third-order valence-electron chi connectivity index (χ3n) is 14.4. The summed E-state index contributed by atoms with van der Waals surface area (Å²) < 4.78 is 1.53. The van der Waals surface area contributed by atoms with Crippen LogP contribution < -0.4 is 0 Å². The third-order valence-corrected chi connectivity index (χ3v) is 67.8. The van der Waals surface area contributed by atoms with E-state index in [0.29, 0.717) is 3.21 Å². The third kappa shape index (κ3) is 0.0347. The van der Waals surface area contributed by atoms with Crippen molar-refractivity contribution >= 4 is 15.9 Å². The van der Waals surface area contributed by atoms with Gasteiger partial charge in [-0.25, -0.2) is 0 Å². The van der Waals surface area contributed by atoms with Crippen LogP contribution in [0.2, 0.25) is 41.7 Å². The Hall–Kier alpha value is 1.52. The van der Waals surface area contributed by atoms with Crippen LogP contribution in [0.5, 0.6) is 0 Å². The van der Waals surface area contributed by atoms with Gasteiger partial charge in [0.15, 0.2) is 0 Å². The summed E-state index contributed by atoms with van der Waals surface area (Å²) in [5.74, 6) is 0. The number of alkyl halides is 1. The quantitative estimate of drug-likeness (QED) is 0.471. The van der Waals surface area contributed by atoms with E-state index >= 15 is 0 Å². The Morgan fingerprint density at radius 1 is 0.923 bits per heavy atom. The molecule has 10 rings (SSSR count). The van der Waals surface area contributed by atoms with Gasteiger partial charge in [0.05, 0.1) is 0 Å². The van der Waals surface area contributed by atoms with E-state index in [0.717, 1.165) is 3.22 Å². The Kier molecular flexibility index (Phi) is 0.115. The van der Waals surface area contributed by atoms with Crippen molar-refractivity contribution in [2.24, 2.45) is 0 Å². The summed E-state index contributed by atoms with van der Waals surface area (Å²) in [6.45, 7) is -2.90. The zero-order valence-electron chi connectivity index (χ0n) is 6.65. The molecule has 0 amide bonds. The molecule has 0 aromatic heterocycles. The van der Waals surface area contributed by atoms with E-state index in [4.69, 9.17) is 16.0 Å². The SMILES string of the molecule is [Cu][C]12[CH]3[CH]4[CH]5[CH]1[Fe]45321678[CH]2[CH]1[CH]6[C]7(Br)[CH]28. The van der Waals surface area contributed by atoms with Crippen molar-refractivity contribution < 1.29 is 22.5 Å². The molecule has 0 bridgehead atoms. The topological polar surface area (TPSA) is 0 Å². The van der Waals surface area contributed by atoms with Gasteiger partial charge in [-0.2, -0.15) is 0 Å². The van der Waals surface area contributed by atoms with Crippen LogP contribution in [0.15, 0.2) is 0 Å². The Morgan fingerprint density at radius 3 is 1.38 bits per heavy atom. The zero-order chi connectivity index (χ0) is 7.94. The van der Waals surface area contributed by atoms with Crippen LogP contribution in [-0.2, 0) is 22.5 Å². The van der Waals surface area contributed by atoms with Crippen molar-refractivity contribution in [2.75, 3.05) is 0 Å². The van der Waals surface area contributed by atoms with Crippen LogP contribution in [-0.4, -0.2) is 3.22 Å². The second kappa shape index (κ2) is 0.311. The minimum atomic E-state index is -2.90. The molecule has 8 unspecified atom stereocenters. The molecular formula is C10H8BrCuFe. The monoisotopic (exact) mass is 326 g/mol. The van der Waals surface area contributed by atoms with E-state index in [1.807, 2.05) is 0 Å². The summed E-state index contributed by atoms with van der Waals surface area (Å²) in [5, 5.41) is 0. The maximum absolute atomic E-state index is 6.40. The van der Waals surface area contributed by atoms with Gasteiger partial charge >= 0.3 is 83.4 Å². The molecule has 0 aromatic rings. The second-order valence-electron chi connectivity index (χ2n) is 9.53. The van der Waals surface area contributed by atoms with Crippen molar-refractivity contribution in [3.8, 4) is 0 Å². The Bertz CT molecular complexity index is 831. The van der Waals surface area contributed by atoms with Gasteiger partial charge in [-0.3, -0.25) is 0 Å². The van der Waals surface area contributed by atoms with Crippen molar-refractivity contribution in [3.05, 3.63) is 0 Å². The van der Waals surface area contributed by atoms with Gasteiger partial charge in [-0.05, 0) is 0 Å². The first-order valence-corrected chi connectivity index (χ1v) is 12.9. The summed E-state index contributed by atoms with van der Waals surface area (Å²) in [6.07, 6.45) is 0. The summed E-state index contributed by atoms with van der Waals surface area (Å²) in [4.78, 5) is 10.6. The van der Waals surface area contributed by atoms with Gasteiger partial charge in [-0.15, -0.1) is 0 Å². The Labute approximate surface area is 82.8 Å². The molecule has 3 heteroatoms. The summed E-state index contributed by atoms with van der Waals surface area (Å²) in [6, 6.07) is 0. The number of hydrogen-bond donors (Lipinski definition) is 0. The number of fused-ring (bicyclic) bond motifs is 10. The molecule has 0 aromatic carbocycles. The molecule has 0 saturated carbocycles. The van der Waals surface area contributed by atoms with Gasteiger partial charge in [-0.1, -0.05) is 0 Å². The van der Waals surface area contributed by atoms with E-state index in [2.05, 4.69) is 15.9 Å². The first kappa shape index (κ1) is 4.80. The van der Waals surface area contributed by atoms with Crippen LogP contribution >= 0.6 is 15.9 Å². The van der Waals surface area contributed by atoms with Gasteiger partial charge in [0.25, 0.3) is 0 Å². The standard InChI is InChI=1S/C5H4Br.C5H4.Cu.Fe/c6-5-3-1-2-4-5;1-2-4-5-3-1;;/h1-4H;1-4H;;. The van der Waals surface area contributed by atoms with Crippen molar-refractivity contribution in [3.63, 3.8) is 0 Å². The first-order chi connectivity index (χ1) is 5.93. The molecule has 10 aliphatic rings. The molecule has 10 aliphatic heterocycles. The molecule has 13 heavy (non-hydrogen) atoms. The van der Waals surface area contributed by atoms with Crippen LogP contribution in [0.4, 0.5) is 0 Å². The first-order valence-electron chi connectivity index (χ1n) is 5.48. The number of halogens is 1. The molecular weight excluding hydrogens is 319 g/mol. The van der Waals surface area contributed by atoms with Crippen LogP contribution in [0.1, 0.15) is 0 Å². The summed E-state index contributed by atoms with van der Waals surface area (Å²) in [7, 11) is 0. The van der Waals surface area contributed by atoms with E-state index in [-0.39, 0.29) is 0 Å². The van der Waals surface area contributed by atoms with E-state index in [9.17, 15) is 0 Å². The molecule has 1 spiro atoms. The van der Waals surface area contributed by atoms with Crippen molar-refractivity contribution in [1.29, 1.82) is 0 Å². The van der Waals surface area contributed by atoms with E-state index in [1.165, 1.54) is 38.5 Å². The van der Waals surface area contributed by atoms with Gasteiger partial charge in [0.2, 0.25) is 0 Å². The van der Waals surface area contributed by atoms with E-state index in [1.54, 1.807) is 0 Å². The fraction of sp³-hybridized carbons (Fsp3) is 1.00. The fourth-order valence-corrected chi connectivity index (χ4v) is 108. The summed E-state index contributed by atoms with van der Waals surface area (Å²) >= 11 is 10.7. The second-order valence-corrected chi connectivity index (χ2v) is 35.9. The van der Waals surface area contributed by atoms with Crippen molar-refractivity contribution in [1.82, 2.24) is 0 Å². The fourth-order valence-electron chi connectivity index (χ4n) is 15.7. The predicted octanol–water partition coefficient (Wildman–Crippen LogP) is 3.55. The molecule has 0 aliphatic carbocycles. The molecule has 10 saturated heterocycles. The maximum atomic E-state index is 6.40. The minimum absolute atomic E-state index is 0.672. The van der Waals surface area contributed by atoms with Crippen LogP contribution in [0.25, 0.3) is 0 Å². The Morgan fingerprint density at radius 2 is 1.38 bits per heavy atom. The van der Waals surface area contributed by atoms with Crippen molar-refractivity contribution in [2.45, 2.75) is 45.0 Å². The normalized spacial score (nSPS) is 158. The van der Waals surface area contributed by atoms with Gasteiger partial charge < -0.3 is 0 Å². The number of hydrogen-bond acceptors (Lipinski definition) is 0. The van der Waals surface area contributed by atoms with Gasteiger partial charge in [0, 0.05) is 0 Å². The van der Waals surface area contributed by atoms with Crippen LogP contribution in [0, 0.1) is 0 Å². The molecule has 0 nitrogen and oxygen atoms in total. The molecule has 10 heterocycles. The molecule has 8 atom stereocenters. The average molecular weight is 327 g/mol. The molecule has 74 valence electrons. The Balaban J connectivity index is 2.19. The summed E-state index contributed by atoms with van der Waals surface area (Å²) in [5.41, 5.74) is 0. The average Bonchev–Trinajstić information content (AvgIpc) is 3.01. The molecule has 10 fully saturated rings. The van der Waals surface area contributed by atoms with Gasteiger partial charge in [0.1, 0.15) is 0 Å². The van der Waals surface area contributed by atoms with E-state index < -0.39 is 6.51 Å². The number of rotatable bonds is 0. The predicted molar refractivity (Wildman–Crippen MR) is 44.4 cm³/mol. The molecule has 0 radical (unpaired) electrons. The van der Waals surface area contributed by atoms with Crippen LogP contribution in [0.3, 0.4) is 0 Å².